The Morgan fingerprint density at radius 1 is 1.19 bits per heavy atom. The number of aromatic nitrogens is 1. The Morgan fingerprint density at radius 3 is 2.66 bits per heavy atom. The highest BCUT2D eigenvalue weighted by Crippen LogP contribution is 2.26. The van der Waals surface area contributed by atoms with Gasteiger partial charge in [-0.15, -0.1) is 0 Å². The SMILES string of the molecule is CC(=O)c1ccc(NC(=O)CN2C(=O)N(Cc3cccnc3)C(=O)C3NCCCC32)cc1. The third kappa shape index (κ3) is 4.52. The zero-order chi connectivity index (χ0) is 22.7. The van der Waals surface area contributed by atoms with E-state index in [0.29, 0.717) is 24.2 Å². The molecule has 0 spiro atoms. The van der Waals surface area contributed by atoms with Gasteiger partial charge >= 0.3 is 6.03 Å². The summed E-state index contributed by atoms with van der Waals surface area (Å²) in [7, 11) is 0. The van der Waals surface area contributed by atoms with Gasteiger partial charge in [0.2, 0.25) is 11.8 Å². The zero-order valence-corrected chi connectivity index (χ0v) is 17.8. The molecular formula is C23H25N5O4. The number of hydrogen-bond donors (Lipinski definition) is 2. The summed E-state index contributed by atoms with van der Waals surface area (Å²) in [6, 6.07) is 8.73. The molecule has 4 amide bonds. The van der Waals surface area contributed by atoms with Crippen LogP contribution in [0.4, 0.5) is 10.5 Å². The molecule has 166 valence electrons. The number of imide groups is 1. The van der Waals surface area contributed by atoms with Gasteiger partial charge in [0.25, 0.3) is 0 Å². The Labute approximate surface area is 185 Å². The number of urea groups is 1. The molecule has 3 heterocycles. The number of benzene rings is 1. The van der Waals surface area contributed by atoms with Gasteiger partial charge < -0.3 is 15.5 Å². The highest BCUT2D eigenvalue weighted by molar-refractivity contribution is 6.03. The number of hydrogen-bond acceptors (Lipinski definition) is 6. The largest absolute Gasteiger partial charge is 0.327 e. The van der Waals surface area contributed by atoms with Gasteiger partial charge in [-0.3, -0.25) is 24.3 Å². The van der Waals surface area contributed by atoms with Crippen LogP contribution in [0.3, 0.4) is 0 Å². The van der Waals surface area contributed by atoms with Crippen LogP contribution in [0.15, 0.2) is 48.8 Å². The molecular weight excluding hydrogens is 410 g/mol. The van der Waals surface area contributed by atoms with E-state index in [0.717, 1.165) is 12.0 Å². The standard InChI is InChI=1S/C23H25N5O4/c1-15(29)17-6-8-18(9-7-17)26-20(30)14-27-19-5-3-11-25-21(19)22(31)28(23(27)32)13-16-4-2-10-24-12-16/h2,4,6-10,12,19,21,25H,3,5,11,13-14H2,1H3,(H,26,30). The topological polar surface area (TPSA) is 112 Å². The van der Waals surface area contributed by atoms with E-state index in [-0.39, 0.29) is 36.7 Å². The number of piperidine rings is 1. The van der Waals surface area contributed by atoms with Crippen LogP contribution in [-0.2, 0) is 16.1 Å². The molecule has 0 saturated carbocycles. The van der Waals surface area contributed by atoms with E-state index in [1.807, 2.05) is 0 Å². The third-order valence-corrected chi connectivity index (χ3v) is 5.79. The maximum absolute atomic E-state index is 13.3. The number of nitrogens with one attached hydrogen (secondary N) is 2. The molecule has 9 heteroatoms. The lowest BCUT2D eigenvalue weighted by Gasteiger charge is -2.46. The normalized spacial score (nSPS) is 20.7. The quantitative estimate of drug-likeness (QED) is 0.670. The van der Waals surface area contributed by atoms with Crippen molar-refractivity contribution in [2.24, 2.45) is 0 Å². The lowest BCUT2D eigenvalue weighted by Crippen LogP contribution is -2.70. The minimum Gasteiger partial charge on any atom is -0.325 e. The number of amides is 4. The molecule has 4 rings (SSSR count). The van der Waals surface area contributed by atoms with Crippen LogP contribution in [-0.4, -0.2) is 63.6 Å². The van der Waals surface area contributed by atoms with Gasteiger partial charge in [0.05, 0.1) is 12.6 Å². The summed E-state index contributed by atoms with van der Waals surface area (Å²) in [5.74, 6) is -0.704. The Kier molecular flexibility index (Phi) is 6.27. The Morgan fingerprint density at radius 2 is 1.97 bits per heavy atom. The second-order valence-electron chi connectivity index (χ2n) is 8.02. The van der Waals surface area contributed by atoms with Crippen LogP contribution in [0.25, 0.3) is 0 Å². The van der Waals surface area contributed by atoms with Gasteiger partial charge in [0, 0.05) is 23.6 Å². The average molecular weight is 435 g/mol. The zero-order valence-electron chi connectivity index (χ0n) is 17.8. The van der Waals surface area contributed by atoms with E-state index in [2.05, 4.69) is 15.6 Å². The first-order valence-electron chi connectivity index (χ1n) is 10.6. The number of anilines is 1. The van der Waals surface area contributed by atoms with Crippen LogP contribution in [0.1, 0.15) is 35.7 Å². The Balaban J connectivity index is 1.51. The van der Waals surface area contributed by atoms with E-state index < -0.39 is 12.1 Å². The van der Waals surface area contributed by atoms with Crippen molar-refractivity contribution in [3.8, 4) is 0 Å². The van der Waals surface area contributed by atoms with Crippen LogP contribution >= 0.6 is 0 Å². The Bertz CT molecular complexity index is 1020. The van der Waals surface area contributed by atoms with E-state index in [1.165, 1.54) is 16.7 Å². The van der Waals surface area contributed by atoms with Crippen LogP contribution in [0.5, 0.6) is 0 Å². The monoisotopic (exact) mass is 435 g/mol. The van der Waals surface area contributed by atoms with Gasteiger partial charge in [-0.05, 0) is 62.2 Å². The average Bonchev–Trinajstić information content (AvgIpc) is 2.80. The molecule has 2 unspecified atom stereocenters. The summed E-state index contributed by atoms with van der Waals surface area (Å²) in [4.78, 5) is 57.2. The minimum atomic E-state index is -0.541. The number of carbonyl (C=O) groups is 4. The molecule has 2 aliphatic rings. The number of nitrogens with zero attached hydrogens (tertiary/aromatic N) is 3. The molecule has 2 saturated heterocycles. The van der Waals surface area contributed by atoms with Crippen molar-refractivity contribution in [3.63, 3.8) is 0 Å². The number of fused-ring (bicyclic) bond motifs is 1. The Hall–Kier alpha value is -3.59. The second kappa shape index (κ2) is 9.27. The number of ketones is 1. The molecule has 1 aromatic heterocycles. The number of pyridine rings is 1. The molecule has 9 nitrogen and oxygen atoms in total. The summed E-state index contributed by atoms with van der Waals surface area (Å²) >= 11 is 0. The van der Waals surface area contributed by atoms with Gasteiger partial charge in [0.1, 0.15) is 12.6 Å². The highest BCUT2D eigenvalue weighted by atomic mass is 16.2. The molecule has 0 bridgehead atoms. The molecule has 32 heavy (non-hydrogen) atoms. The minimum absolute atomic E-state index is 0.0593. The second-order valence-corrected chi connectivity index (χ2v) is 8.02. The summed E-state index contributed by atoms with van der Waals surface area (Å²) in [6.07, 6.45) is 4.70. The predicted molar refractivity (Wildman–Crippen MR) is 117 cm³/mol. The van der Waals surface area contributed by atoms with Crippen molar-refractivity contribution in [2.45, 2.75) is 38.4 Å². The molecule has 2 atom stereocenters. The molecule has 2 aliphatic heterocycles. The molecule has 2 fully saturated rings. The van der Waals surface area contributed by atoms with E-state index >= 15 is 0 Å². The summed E-state index contributed by atoms with van der Waals surface area (Å²) in [5.41, 5.74) is 1.82. The molecule has 2 N–H and O–H groups in total. The fourth-order valence-electron chi connectivity index (χ4n) is 4.17. The first kappa shape index (κ1) is 21.6. The summed E-state index contributed by atoms with van der Waals surface area (Å²) in [6.45, 7) is 2.08. The fourth-order valence-corrected chi connectivity index (χ4v) is 4.17. The van der Waals surface area contributed by atoms with Crippen LogP contribution in [0.2, 0.25) is 0 Å². The molecule has 0 radical (unpaired) electrons. The number of Topliss-reactive ketones (excluding diaryl/α,β-unsaturated/α-hetero) is 1. The number of carbonyl (C=O) groups excluding carboxylic acids is 4. The van der Waals surface area contributed by atoms with E-state index in [4.69, 9.17) is 0 Å². The van der Waals surface area contributed by atoms with Gasteiger partial charge in [-0.1, -0.05) is 6.07 Å². The van der Waals surface area contributed by atoms with Crippen molar-refractivity contribution < 1.29 is 19.2 Å². The van der Waals surface area contributed by atoms with Crippen molar-refractivity contribution in [1.82, 2.24) is 20.1 Å². The lowest BCUT2D eigenvalue weighted by atomic mass is 9.93. The number of rotatable bonds is 6. The fraction of sp³-hybridized carbons (Fsp3) is 0.348. The maximum atomic E-state index is 13.3. The first-order chi connectivity index (χ1) is 15.4. The van der Waals surface area contributed by atoms with Crippen molar-refractivity contribution in [2.75, 3.05) is 18.4 Å². The highest BCUT2D eigenvalue weighted by Gasteiger charge is 2.47. The first-order valence-corrected chi connectivity index (χ1v) is 10.6. The van der Waals surface area contributed by atoms with Gasteiger partial charge in [0.15, 0.2) is 5.78 Å². The van der Waals surface area contributed by atoms with Gasteiger partial charge in [-0.25, -0.2) is 4.79 Å². The van der Waals surface area contributed by atoms with Crippen LogP contribution < -0.4 is 10.6 Å². The van der Waals surface area contributed by atoms with E-state index in [9.17, 15) is 19.2 Å². The molecule has 1 aromatic carbocycles. The molecule has 2 aromatic rings. The summed E-state index contributed by atoms with van der Waals surface area (Å²) < 4.78 is 0. The van der Waals surface area contributed by atoms with Crippen molar-refractivity contribution in [1.29, 1.82) is 0 Å². The maximum Gasteiger partial charge on any atom is 0.327 e. The smallest absolute Gasteiger partial charge is 0.325 e. The molecule has 0 aliphatic carbocycles. The van der Waals surface area contributed by atoms with Crippen LogP contribution in [0, 0.1) is 0 Å². The lowest BCUT2D eigenvalue weighted by molar-refractivity contribution is -0.138. The van der Waals surface area contributed by atoms with Crippen molar-refractivity contribution >= 4 is 29.3 Å². The van der Waals surface area contributed by atoms with Gasteiger partial charge in [-0.2, -0.15) is 0 Å². The van der Waals surface area contributed by atoms with E-state index in [1.54, 1.807) is 48.8 Å². The third-order valence-electron chi connectivity index (χ3n) is 5.79. The summed E-state index contributed by atoms with van der Waals surface area (Å²) in [5, 5.41) is 5.98. The predicted octanol–water partition coefficient (Wildman–Crippen LogP) is 1.81. The van der Waals surface area contributed by atoms with Crippen molar-refractivity contribution in [3.05, 3.63) is 59.9 Å².